The summed E-state index contributed by atoms with van der Waals surface area (Å²) in [6, 6.07) is 7.49. The number of benzene rings is 1. The molecule has 0 bridgehead atoms. The fourth-order valence-electron chi connectivity index (χ4n) is 2.54. The fourth-order valence-corrected chi connectivity index (χ4v) is 2.66. The van der Waals surface area contributed by atoms with Crippen LogP contribution in [0, 0.1) is 0 Å². The summed E-state index contributed by atoms with van der Waals surface area (Å²) in [5.41, 5.74) is 1.66. The fraction of sp³-hybridized carbons (Fsp3) is 0.500. The quantitative estimate of drug-likeness (QED) is 0.579. The van der Waals surface area contributed by atoms with Gasteiger partial charge >= 0.3 is 0 Å². The van der Waals surface area contributed by atoms with Gasteiger partial charge in [0.15, 0.2) is 5.78 Å². The summed E-state index contributed by atoms with van der Waals surface area (Å²) in [6.45, 7) is 1.96. The van der Waals surface area contributed by atoms with Gasteiger partial charge in [-0.2, -0.15) is 0 Å². The molecule has 1 aliphatic rings. The Labute approximate surface area is 119 Å². The molecule has 0 aliphatic heterocycles. The van der Waals surface area contributed by atoms with E-state index < -0.39 is 0 Å². The molecular weight excluding hydrogens is 258 g/mol. The molecule has 0 N–H and O–H groups in total. The van der Waals surface area contributed by atoms with Crippen molar-refractivity contribution >= 4 is 23.1 Å². The van der Waals surface area contributed by atoms with Gasteiger partial charge in [0.25, 0.3) is 0 Å². The lowest BCUT2D eigenvalue weighted by Crippen LogP contribution is -2.13. The number of carbonyl (C=O) groups excluding carboxylic acids is 1. The van der Waals surface area contributed by atoms with E-state index in [9.17, 15) is 4.79 Å². The Balaban J connectivity index is 1.94. The van der Waals surface area contributed by atoms with Gasteiger partial charge in [-0.05, 0) is 44.0 Å². The van der Waals surface area contributed by atoms with E-state index in [-0.39, 0.29) is 5.78 Å². The summed E-state index contributed by atoms with van der Waals surface area (Å²) in [5, 5.41) is 0.657. The molecule has 0 saturated heterocycles. The number of hydrogen-bond acceptors (Lipinski definition) is 2. The highest BCUT2D eigenvalue weighted by atomic mass is 35.5. The third-order valence-electron chi connectivity index (χ3n) is 3.56. The first-order valence-electron chi connectivity index (χ1n) is 6.97. The van der Waals surface area contributed by atoms with Crippen LogP contribution < -0.4 is 0 Å². The molecule has 0 unspecified atom stereocenters. The maximum atomic E-state index is 12.1. The average molecular weight is 278 g/mol. The molecular formula is C16H20ClNO. The zero-order valence-electron chi connectivity index (χ0n) is 11.4. The summed E-state index contributed by atoms with van der Waals surface area (Å²) >= 11 is 5.82. The summed E-state index contributed by atoms with van der Waals surface area (Å²) in [7, 11) is 0. The summed E-state index contributed by atoms with van der Waals surface area (Å²) < 4.78 is 0. The molecule has 1 aliphatic carbocycles. The van der Waals surface area contributed by atoms with Crippen LogP contribution >= 0.6 is 11.6 Å². The van der Waals surface area contributed by atoms with Gasteiger partial charge in [0.1, 0.15) is 0 Å². The topological polar surface area (TPSA) is 29.4 Å². The van der Waals surface area contributed by atoms with E-state index in [0.717, 1.165) is 5.71 Å². The number of hydrogen-bond donors (Lipinski definition) is 0. The highest BCUT2D eigenvalue weighted by Crippen LogP contribution is 2.21. The molecule has 1 aromatic rings. The summed E-state index contributed by atoms with van der Waals surface area (Å²) in [5.74, 6) is 0.119. The van der Waals surface area contributed by atoms with Gasteiger partial charge in [-0.1, -0.05) is 30.9 Å². The van der Waals surface area contributed by atoms with E-state index in [1.807, 2.05) is 6.92 Å². The number of Topliss-reactive ketones (excluding diaryl/α,β-unsaturated/α-hetero) is 1. The van der Waals surface area contributed by atoms with Crippen LogP contribution in [0.5, 0.6) is 0 Å². The molecule has 1 aromatic carbocycles. The van der Waals surface area contributed by atoms with Crippen LogP contribution in [-0.2, 0) is 0 Å². The van der Waals surface area contributed by atoms with Crippen molar-refractivity contribution in [2.75, 3.05) is 0 Å². The van der Waals surface area contributed by atoms with Crippen LogP contribution in [0.1, 0.15) is 55.8 Å². The van der Waals surface area contributed by atoms with Crippen molar-refractivity contribution in [3.63, 3.8) is 0 Å². The van der Waals surface area contributed by atoms with Gasteiger partial charge in [0.2, 0.25) is 0 Å². The monoisotopic (exact) mass is 277 g/mol. The predicted octanol–water partition coefficient (Wildman–Crippen LogP) is 4.71. The first-order chi connectivity index (χ1) is 9.15. The Bertz CT molecular complexity index is 458. The lowest BCUT2D eigenvalue weighted by atomic mass is 9.95. The van der Waals surface area contributed by atoms with Crippen molar-refractivity contribution < 1.29 is 4.79 Å². The lowest BCUT2D eigenvalue weighted by molar-refractivity contribution is 0.100. The van der Waals surface area contributed by atoms with Crippen molar-refractivity contribution in [1.29, 1.82) is 0 Å². The van der Waals surface area contributed by atoms with Gasteiger partial charge in [-0.3, -0.25) is 9.79 Å². The van der Waals surface area contributed by atoms with Crippen molar-refractivity contribution in [1.82, 2.24) is 0 Å². The number of halogens is 1. The first kappa shape index (κ1) is 14.3. The minimum Gasteiger partial charge on any atom is -0.294 e. The van der Waals surface area contributed by atoms with E-state index in [1.165, 1.54) is 32.1 Å². The van der Waals surface area contributed by atoms with Crippen molar-refractivity contribution in [3.8, 4) is 0 Å². The number of ketones is 1. The second kappa shape index (κ2) is 6.85. The van der Waals surface area contributed by atoms with Crippen LogP contribution in [0.15, 0.2) is 29.3 Å². The molecule has 1 fully saturated rings. The number of carbonyl (C=O) groups is 1. The Morgan fingerprint density at radius 2 is 1.84 bits per heavy atom. The van der Waals surface area contributed by atoms with E-state index in [4.69, 9.17) is 11.6 Å². The van der Waals surface area contributed by atoms with Gasteiger partial charge in [-0.15, -0.1) is 0 Å². The molecule has 19 heavy (non-hydrogen) atoms. The molecule has 0 atom stereocenters. The Morgan fingerprint density at radius 3 is 2.47 bits per heavy atom. The first-order valence-corrected chi connectivity index (χ1v) is 7.35. The number of aliphatic imine (C=N–C) groups is 1. The summed E-state index contributed by atoms with van der Waals surface area (Å²) in [4.78, 5) is 16.8. The van der Waals surface area contributed by atoms with Gasteiger partial charge in [0, 0.05) is 28.8 Å². The zero-order valence-corrected chi connectivity index (χ0v) is 12.1. The molecule has 0 radical (unpaired) electrons. The van der Waals surface area contributed by atoms with Gasteiger partial charge in [0.05, 0.1) is 0 Å². The second-order valence-electron chi connectivity index (χ2n) is 5.26. The van der Waals surface area contributed by atoms with Crippen LogP contribution in [0.3, 0.4) is 0 Å². The molecule has 0 amide bonds. The summed E-state index contributed by atoms with van der Waals surface area (Å²) in [6.07, 6.45) is 6.63. The van der Waals surface area contributed by atoms with Crippen LogP contribution in [0.25, 0.3) is 0 Å². The molecule has 102 valence electrons. The third-order valence-corrected chi connectivity index (χ3v) is 3.81. The van der Waals surface area contributed by atoms with Crippen molar-refractivity contribution in [3.05, 3.63) is 34.9 Å². The largest absolute Gasteiger partial charge is 0.294 e. The number of nitrogens with zero attached hydrogens (tertiary/aromatic N) is 1. The highest BCUT2D eigenvalue weighted by molar-refractivity contribution is 6.30. The Hall–Kier alpha value is -1.15. The molecule has 1 saturated carbocycles. The smallest absolute Gasteiger partial charge is 0.168 e. The van der Waals surface area contributed by atoms with E-state index in [1.54, 1.807) is 24.3 Å². The normalized spacial score (nSPS) is 17.5. The number of rotatable bonds is 4. The van der Waals surface area contributed by atoms with Gasteiger partial charge < -0.3 is 0 Å². The maximum absolute atomic E-state index is 12.1. The maximum Gasteiger partial charge on any atom is 0.168 e. The van der Waals surface area contributed by atoms with Crippen molar-refractivity contribution in [2.24, 2.45) is 4.99 Å². The van der Waals surface area contributed by atoms with Gasteiger partial charge in [-0.25, -0.2) is 0 Å². The Morgan fingerprint density at radius 1 is 1.21 bits per heavy atom. The predicted molar refractivity (Wildman–Crippen MR) is 80.4 cm³/mol. The minimum atomic E-state index is 0.119. The van der Waals surface area contributed by atoms with Crippen LogP contribution in [0.4, 0.5) is 0 Å². The average Bonchev–Trinajstić information content (AvgIpc) is 2.40. The standard InChI is InChI=1S/C16H20ClNO/c1-12(18-15-5-3-2-4-6-15)11-16(19)13-7-9-14(17)10-8-13/h7-10,15H,2-6,11H2,1H3. The highest BCUT2D eigenvalue weighted by Gasteiger charge is 2.13. The van der Waals surface area contributed by atoms with Crippen LogP contribution in [-0.4, -0.2) is 17.5 Å². The van der Waals surface area contributed by atoms with Crippen LogP contribution in [0.2, 0.25) is 5.02 Å². The van der Waals surface area contributed by atoms with E-state index >= 15 is 0 Å². The molecule has 0 spiro atoms. The van der Waals surface area contributed by atoms with Crippen molar-refractivity contribution in [2.45, 2.75) is 51.5 Å². The molecule has 0 heterocycles. The Kier molecular flexibility index (Phi) is 5.15. The second-order valence-corrected chi connectivity index (χ2v) is 5.70. The molecule has 2 nitrogen and oxygen atoms in total. The van der Waals surface area contributed by atoms with E-state index in [2.05, 4.69) is 4.99 Å². The van der Waals surface area contributed by atoms with E-state index in [0.29, 0.717) is 23.0 Å². The minimum absolute atomic E-state index is 0.119. The third kappa shape index (κ3) is 4.46. The lowest BCUT2D eigenvalue weighted by Gasteiger charge is -2.18. The SMILES string of the molecule is CC(CC(=O)c1ccc(Cl)cc1)=NC1CCCCC1. The zero-order chi connectivity index (χ0) is 13.7. The molecule has 0 aromatic heterocycles. The molecule has 3 heteroatoms. The molecule has 2 rings (SSSR count).